The number of hydrogen-bond acceptors (Lipinski definition) is 4. The van der Waals surface area contributed by atoms with Crippen LogP contribution in [0.4, 0.5) is 14.5 Å². The summed E-state index contributed by atoms with van der Waals surface area (Å²) in [6, 6.07) is 10.4. The highest BCUT2D eigenvalue weighted by Crippen LogP contribution is 2.25. The van der Waals surface area contributed by atoms with Crippen molar-refractivity contribution >= 4 is 18.0 Å². The molecule has 0 saturated carbocycles. The van der Waals surface area contributed by atoms with Crippen molar-refractivity contribution in [1.29, 1.82) is 0 Å². The lowest BCUT2D eigenvalue weighted by Gasteiger charge is -2.16. The molecular weight excluding hydrogens is 356 g/mol. The molecule has 1 unspecified atom stereocenters. The van der Waals surface area contributed by atoms with Crippen molar-refractivity contribution in [2.24, 2.45) is 0 Å². The molecule has 0 aliphatic carbocycles. The van der Waals surface area contributed by atoms with Gasteiger partial charge in [-0.2, -0.15) is 0 Å². The Balaban J connectivity index is 0.000000223. The third-order valence-electron chi connectivity index (χ3n) is 4.17. The smallest absolute Gasteiger partial charge is 0.243 e. The van der Waals surface area contributed by atoms with Crippen LogP contribution in [0.2, 0.25) is 0 Å². The zero-order chi connectivity index (χ0) is 19.8. The first-order valence-corrected chi connectivity index (χ1v) is 8.24. The Morgan fingerprint density at radius 2 is 1.89 bits per heavy atom. The standard InChI is InChI=1S/C12H14N2O3.C7H7F2N/c1-17-9-4-2-8(3-5-9)10-6-13-12(16)11(10)14-7-15;1-10-7-3-2-5(8)4-6(7)9/h2-5,7,10-11H,6H2,1H3,(H,13,16)(H,14,15);2-4,10H,1H3/t10?,11-;/m0./s1. The zero-order valence-corrected chi connectivity index (χ0v) is 15.0. The molecule has 6 nitrogen and oxygen atoms in total. The third kappa shape index (κ3) is 5.16. The van der Waals surface area contributed by atoms with Crippen LogP contribution in [0.15, 0.2) is 42.5 Å². The molecule has 1 saturated heterocycles. The maximum Gasteiger partial charge on any atom is 0.243 e. The Morgan fingerprint density at radius 1 is 1.19 bits per heavy atom. The first-order valence-electron chi connectivity index (χ1n) is 8.24. The van der Waals surface area contributed by atoms with E-state index >= 15 is 0 Å². The van der Waals surface area contributed by atoms with Gasteiger partial charge in [-0.05, 0) is 29.8 Å². The van der Waals surface area contributed by atoms with Crippen LogP contribution < -0.4 is 20.7 Å². The van der Waals surface area contributed by atoms with Crippen LogP contribution in [-0.4, -0.2) is 39.1 Å². The van der Waals surface area contributed by atoms with E-state index in [1.807, 2.05) is 24.3 Å². The molecule has 2 aromatic rings. The normalized spacial score (nSPS) is 18.0. The molecule has 27 heavy (non-hydrogen) atoms. The number of halogens is 2. The Labute approximate surface area is 155 Å². The number of ether oxygens (including phenoxy) is 1. The maximum atomic E-state index is 12.5. The van der Waals surface area contributed by atoms with Gasteiger partial charge in [0.25, 0.3) is 0 Å². The number of hydrogen-bond donors (Lipinski definition) is 3. The number of methoxy groups -OCH3 is 1. The van der Waals surface area contributed by atoms with E-state index in [1.165, 1.54) is 12.1 Å². The molecule has 2 amide bonds. The Morgan fingerprint density at radius 3 is 2.44 bits per heavy atom. The Kier molecular flexibility index (Phi) is 7.10. The maximum absolute atomic E-state index is 12.5. The third-order valence-corrected chi connectivity index (χ3v) is 4.17. The van der Waals surface area contributed by atoms with E-state index in [1.54, 1.807) is 14.2 Å². The van der Waals surface area contributed by atoms with Crippen LogP contribution in [0.3, 0.4) is 0 Å². The molecule has 3 N–H and O–H groups in total. The topological polar surface area (TPSA) is 79.5 Å². The number of amides is 2. The van der Waals surface area contributed by atoms with Gasteiger partial charge in [-0.3, -0.25) is 9.59 Å². The van der Waals surface area contributed by atoms with Crippen LogP contribution in [0.5, 0.6) is 5.75 Å². The van der Waals surface area contributed by atoms with Crippen molar-refractivity contribution in [2.75, 3.05) is 26.0 Å². The number of carbonyl (C=O) groups is 2. The molecule has 1 aliphatic rings. The predicted octanol–water partition coefficient (Wildman–Crippen LogP) is 2.03. The molecule has 8 heteroatoms. The Hall–Kier alpha value is -3.16. The lowest BCUT2D eigenvalue weighted by molar-refractivity contribution is -0.123. The second kappa shape index (κ2) is 9.51. The van der Waals surface area contributed by atoms with E-state index in [0.29, 0.717) is 18.6 Å². The average Bonchev–Trinajstić information content (AvgIpc) is 3.03. The summed E-state index contributed by atoms with van der Waals surface area (Å²) in [7, 11) is 3.18. The fraction of sp³-hybridized carbons (Fsp3) is 0.263. The van der Waals surface area contributed by atoms with Crippen molar-refractivity contribution in [1.82, 2.24) is 10.6 Å². The van der Waals surface area contributed by atoms with Crippen LogP contribution >= 0.6 is 0 Å². The molecule has 1 aliphatic heterocycles. The summed E-state index contributed by atoms with van der Waals surface area (Å²) < 4.78 is 29.8. The number of nitrogens with one attached hydrogen (secondary N) is 3. The summed E-state index contributed by atoms with van der Waals surface area (Å²) in [5.74, 6) is -0.526. The highest BCUT2D eigenvalue weighted by molar-refractivity contribution is 5.87. The fourth-order valence-electron chi connectivity index (χ4n) is 2.74. The minimum Gasteiger partial charge on any atom is -0.497 e. The van der Waals surface area contributed by atoms with Gasteiger partial charge < -0.3 is 20.7 Å². The summed E-state index contributed by atoms with van der Waals surface area (Å²) in [5, 5.41) is 7.87. The number of carbonyl (C=O) groups excluding carboxylic acids is 2. The molecule has 0 bridgehead atoms. The lowest BCUT2D eigenvalue weighted by Crippen LogP contribution is -2.38. The van der Waals surface area contributed by atoms with E-state index in [9.17, 15) is 18.4 Å². The van der Waals surface area contributed by atoms with Crippen molar-refractivity contribution in [3.63, 3.8) is 0 Å². The summed E-state index contributed by atoms with van der Waals surface area (Å²) in [5.41, 5.74) is 1.31. The molecule has 0 spiro atoms. The van der Waals surface area contributed by atoms with Gasteiger partial charge in [-0.1, -0.05) is 12.1 Å². The van der Waals surface area contributed by atoms with Crippen LogP contribution in [-0.2, 0) is 9.59 Å². The van der Waals surface area contributed by atoms with Crippen molar-refractivity contribution in [3.8, 4) is 5.75 Å². The quantitative estimate of drug-likeness (QED) is 0.697. The first-order chi connectivity index (χ1) is 13.0. The van der Waals surface area contributed by atoms with Crippen molar-refractivity contribution in [2.45, 2.75) is 12.0 Å². The van der Waals surface area contributed by atoms with Crippen molar-refractivity contribution < 1.29 is 23.1 Å². The second-order valence-corrected chi connectivity index (χ2v) is 5.76. The number of rotatable bonds is 5. The van der Waals surface area contributed by atoms with Crippen molar-refractivity contribution in [3.05, 3.63) is 59.7 Å². The largest absolute Gasteiger partial charge is 0.497 e. The predicted molar refractivity (Wildman–Crippen MR) is 97.6 cm³/mol. The monoisotopic (exact) mass is 377 g/mol. The van der Waals surface area contributed by atoms with Gasteiger partial charge in [0, 0.05) is 25.6 Å². The van der Waals surface area contributed by atoms with Gasteiger partial charge >= 0.3 is 0 Å². The summed E-state index contributed by atoms with van der Waals surface area (Å²) in [6.45, 7) is 0.538. The van der Waals surface area contributed by atoms with E-state index in [0.717, 1.165) is 17.4 Å². The highest BCUT2D eigenvalue weighted by atomic mass is 19.1. The average molecular weight is 377 g/mol. The molecule has 0 radical (unpaired) electrons. The van der Waals surface area contributed by atoms with Gasteiger partial charge in [0.1, 0.15) is 23.4 Å². The molecule has 1 heterocycles. The van der Waals surface area contributed by atoms with E-state index < -0.39 is 17.7 Å². The minimum absolute atomic E-state index is 0.0291. The zero-order valence-electron chi connectivity index (χ0n) is 15.0. The van der Waals surface area contributed by atoms with Gasteiger partial charge in [0.15, 0.2) is 0 Å². The van der Waals surface area contributed by atoms with Crippen LogP contribution in [0, 0.1) is 11.6 Å². The number of benzene rings is 2. The van der Waals surface area contributed by atoms with E-state index in [-0.39, 0.29) is 11.8 Å². The minimum atomic E-state index is -0.567. The summed E-state index contributed by atoms with van der Waals surface area (Å²) in [4.78, 5) is 22.0. The molecular formula is C19H21F2N3O3. The van der Waals surface area contributed by atoms with Crippen LogP contribution in [0.1, 0.15) is 11.5 Å². The highest BCUT2D eigenvalue weighted by Gasteiger charge is 2.35. The van der Waals surface area contributed by atoms with Gasteiger partial charge in [-0.25, -0.2) is 8.78 Å². The van der Waals surface area contributed by atoms with E-state index in [2.05, 4.69) is 16.0 Å². The molecule has 0 aromatic heterocycles. The first kappa shape index (κ1) is 20.2. The van der Waals surface area contributed by atoms with Gasteiger partial charge in [0.05, 0.1) is 12.8 Å². The molecule has 2 atom stereocenters. The fourth-order valence-corrected chi connectivity index (χ4v) is 2.74. The lowest BCUT2D eigenvalue weighted by atomic mass is 9.94. The number of anilines is 1. The SMILES string of the molecule is CNc1ccc(F)cc1F.COc1ccc(C2CNC(=O)[C@H]2NC=O)cc1. The van der Waals surface area contributed by atoms with Crippen LogP contribution in [0.25, 0.3) is 0 Å². The van der Waals surface area contributed by atoms with E-state index in [4.69, 9.17) is 4.74 Å². The van der Waals surface area contributed by atoms with Gasteiger partial charge in [-0.15, -0.1) is 0 Å². The Bertz CT molecular complexity index is 784. The summed E-state index contributed by atoms with van der Waals surface area (Å²) in [6.07, 6.45) is 0.562. The molecule has 3 rings (SSSR count). The van der Waals surface area contributed by atoms with Gasteiger partial charge in [0.2, 0.25) is 12.3 Å². The molecule has 144 valence electrons. The summed E-state index contributed by atoms with van der Waals surface area (Å²) >= 11 is 0. The molecule has 1 fully saturated rings. The molecule has 2 aromatic carbocycles. The second-order valence-electron chi connectivity index (χ2n) is 5.76.